The van der Waals surface area contributed by atoms with Gasteiger partial charge in [-0.25, -0.2) is 9.98 Å². The van der Waals surface area contributed by atoms with Crippen molar-refractivity contribution in [2.75, 3.05) is 7.11 Å². The summed E-state index contributed by atoms with van der Waals surface area (Å²) in [5.74, 6) is 0.683. The van der Waals surface area contributed by atoms with Gasteiger partial charge in [0.1, 0.15) is 0 Å². The molecular weight excluding hydrogens is 284 g/mol. The summed E-state index contributed by atoms with van der Waals surface area (Å²) >= 11 is 0. The van der Waals surface area contributed by atoms with Crippen LogP contribution >= 0.6 is 0 Å². The topological polar surface area (TPSA) is 34.5 Å². The van der Waals surface area contributed by atoms with Crippen LogP contribution < -0.4 is 0 Å². The first-order valence-corrected chi connectivity index (χ1v) is 7.50. The third-order valence-corrected chi connectivity index (χ3v) is 3.44. The van der Waals surface area contributed by atoms with Crippen LogP contribution in [-0.4, -0.2) is 17.8 Å². The minimum atomic E-state index is 0.553. The van der Waals surface area contributed by atoms with E-state index < -0.39 is 0 Å². The maximum absolute atomic E-state index is 5.18. The lowest BCUT2D eigenvalue weighted by molar-refractivity contribution is 0.185. The SMILES string of the molecule is COCc1ccnc(N=C(c2ccccc2)c2ccccc2)c1. The molecule has 0 atom stereocenters. The molecule has 0 spiro atoms. The maximum Gasteiger partial charge on any atom is 0.152 e. The fourth-order valence-corrected chi connectivity index (χ4v) is 2.38. The fraction of sp³-hybridized carbons (Fsp3) is 0.100. The van der Waals surface area contributed by atoms with Crippen molar-refractivity contribution >= 4 is 11.5 Å². The van der Waals surface area contributed by atoms with Gasteiger partial charge in [-0.1, -0.05) is 60.7 Å². The van der Waals surface area contributed by atoms with Crippen molar-refractivity contribution in [1.29, 1.82) is 0 Å². The van der Waals surface area contributed by atoms with Gasteiger partial charge in [-0.15, -0.1) is 0 Å². The molecule has 23 heavy (non-hydrogen) atoms. The molecule has 0 bridgehead atoms. The molecule has 0 aliphatic heterocycles. The Hall–Kier alpha value is -2.78. The molecule has 3 aromatic rings. The molecule has 0 fully saturated rings. The van der Waals surface area contributed by atoms with Gasteiger partial charge < -0.3 is 4.74 Å². The van der Waals surface area contributed by atoms with E-state index in [0.717, 1.165) is 22.4 Å². The van der Waals surface area contributed by atoms with Crippen molar-refractivity contribution in [3.05, 3.63) is 95.7 Å². The van der Waals surface area contributed by atoms with Crippen LogP contribution in [0.4, 0.5) is 5.82 Å². The molecule has 0 amide bonds. The zero-order valence-corrected chi connectivity index (χ0v) is 13.0. The standard InChI is InChI=1S/C20H18N2O/c1-23-15-16-12-13-21-19(14-16)22-20(17-8-4-2-5-9-17)18-10-6-3-7-11-18/h2-14H,15H2,1H3. The lowest BCUT2D eigenvalue weighted by atomic mass is 10.0. The van der Waals surface area contributed by atoms with Gasteiger partial charge in [0.2, 0.25) is 0 Å². The monoisotopic (exact) mass is 302 g/mol. The Labute approximate surface area is 136 Å². The normalized spacial score (nSPS) is 10.3. The fourth-order valence-electron chi connectivity index (χ4n) is 2.38. The van der Waals surface area contributed by atoms with E-state index in [9.17, 15) is 0 Å². The van der Waals surface area contributed by atoms with Gasteiger partial charge in [-0.3, -0.25) is 0 Å². The maximum atomic E-state index is 5.18. The first-order chi connectivity index (χ1) is 11.4. The van der Waals surface area contributed by atoms with Crippen molar-refractivity contribution in [1.82, 2.24) is 4.98 Å². The number of aliphatic imine (C=N–C) groups is 1. The Kier molecular flexibility index (Phi) is 4.92. The highest BCUT2D eigenvalue weighted by molar-refractivity contribution is 6.13. The van der Waals surface area contributed by atoms with E-state index in [4.69, 9.17) is 9.73 Å². The van der Waals surface area contributed by atoms with Gasteiger partial charge in [0.05, 0.1) is 12.3 Å². The summed E-state index contributed by atoms with van der Waals surface area (Å²) in [6.07, 6.45) is 1.76. The second-order valence-corrected chi connectivity index (χ2v) is 5.15. The second kappa shape index (κ2) is 7.47. The molecule has 3 heteroatoms. The summed E-state index contributed by atoms with van der Waals surface area (Å²) in [6.45, 7) is 0.553. The number of aromatic nitrogens is 1. The number of ether oxygens (including phenoxy) is 1. The van der Waals surface area contributed by atoms with Crippen LogP contribution in [0.1, 0.15) is 16.7 Å². The van der Waals surface area contributed by atoms with Gasteiger partial charge >= 0.3 is 0 Å². The number of hydrogen-bond donors (Lipinski definition) is 0. The summed E-state index contributed by atoms with van der Waals surface area (Å²) in [5, 5.41) is 0. The molecule has 3 nitrogen and oxygen atoms in total. The van der Waals surface area contributed by atoms with Crippen molar-refractivity contribution in [2.24, 2.45) is 4.99 Å². The number of benzene rings is 2. The first-order valence-electron chi connectivity index (χ1n) is 7.50. The molecule has 0 N–H and O–H groups in total. The molecule has 1 aromatic heterocycles. The molecule has 0 saturated heterocycles. The van der Waals surface area contributed by atoms with Gasteiger partial charge in [0.25, 0.3) is 0 Å². The molecule has 1 heterocycles. The van der Waals surface area contributed by atoms with Crippen molar-refractivity contribution in [3.8, 4) is 0 Å². The number of hydrogen-bond acceptors (Lipinski definition) is 3. The minimum absolute atomic E-state index is 0.553. The van der Waals surface area contributed by atoms with Crippen LogP contribution in [0.2, 0.25) is 0 Å². The van der Waals surface area contributed by atoms with Crippen LogP contribution in [0.25, 0.3) is 0 Å². The highest BCUT2D eigenvalue weighted by Crippen LogP contribution is 2.17. The molecule has 2 aromatic carbocycles. The van der Waals surface area contributed by atoms with Gasteiger partial charge in [0.15, 0.2) is 5.82 Å². The van der Waals surface area contributed by atoms with Gasteiger partial charge in [-0.2, -0.15) is 0 Å². The van der Waals surface area contributed by atoms with Crippen LogP contribution in [-0.2, 0) is 11.3 Å². The second-order valence-electron chi connectivity index (χ2n) is 5.15. The molecule has 0 aliphatic rings. The van der Waals surface area contributed by atoms with E-state index in [0.29, 0.717) is 12.4 Å². The van der Waals surface area contributed by atoms with Crippen LogP contribution in [0, 0.1) is 0 Å². The Morgan fingerprint density at radius 1 is 0.913 bits per heavy atom. The van der Waals surface area contributed by atoms with Crippen LogP contribution in [0.3, 0.4) is 0 Å². The molecule has 0 radical (unpaired) electrons. The zero-order valence-electron chi connectivity index (χ0n) is 13.0. The molecular formula is C20H18N2O. The number of pyridine rings is 1. The lowest BCUT2D eigenvalue weighted by Crippen LogP contribution is -2.03. The number of nitrogens with zero attached hydrogens (tertiary/aromatic N) is 2. The number of rotatable bonds is 5. The zero-order chi connectivity index (χ0) is 15.9. The highest BCUT2D eigenvalue weighted by atomic mass is 16.5. The Balaban J connectivity index is 2.07. The van der Waals surface area contributed by atoms with Crippen LogP contribution in [0.15, 0.2) is 84.0 Å². The molecule has 114 valence electrons. The largest absolute Gasteiger partial charge is 0.380 e. The first kappa shape index (κ1) is 15.1. The third kappa shape index (κ3) is 3.90. The summed E-state index contributed by atoms with van der Waals surface area (Å²) in [7, 11) is 1.68. The van der Waals surface area contributed by atoms with Crippen molar-refractivity contribution in [3.63, 3.8) is 0 Å². The minimum Gasteiger partial charge on any atom is -0.380 e. The third-order valence-electron chi connectivity index (χ3n) is 3.44. The molecule has 0 unspecified atom stereocenters. The smallest absolute Gasteiger partial charge is 0.152 e. The predicted molar refractivity (Wildman–Crippen MR) is 93.1 cm³/mol. The van der Waals surface area contributed by atoms with Crippen molar-refractivity contribution < 1.29 is 4.74 Å². The average molecular weight is 302 g/mol. The van der Waals surface area contributed by atoms with E-state index in [2.05, 4.69) is 29.2 Å². The summed E-state index contributed by atoms with van der Waals surface area (Å²) < 4.78 is 5.18. The van der Waals surface area contributed by atoms with E-state index in [1.54, 1.807) is 13.3 Å². The molecule has 3 rings (SSSR count). The molecule has 0 saturated carbocycles. The average Bonchev–Trinajstić information content (AvgIpc) is 2.62. The van der Waals surface area contributed by atoms with E-state index in [1.807, 2.05) is 48.5 Å². The lowest BCUT2D eigenvalue weighted by Gasteiger charge is -2.08. The van der Waals surface area contributed by atoms with E-state index in [-0.39, 0.29) is 0 Å². The van der Waals surface area contributed by atoms with Gasteiger partial charge in [-0.05, 0) is 17.7 Å². The van der Waals surface area contributed by atoms with Crippen LogP contribution in [0.5, 0.6) is 0 Å². The summed E-state index contributed by atoms with van der Waals surface area (Å²) in [5.41, 5.74) is 4.10. The Morgan fingerprint density at radius 3 is 2.09 bits per heavy atom. The quantitative estimate of drug-likeness (QED) is 0.655. The Morgan fingerprint density at radius 2 is 1.52 bits per heavy atom. The molecule has 0 aliphatic carbocycles. The number of methoxy groups -OCH3 is 1. The van der Waals surface area contributed by atoms with E-state index >= 15 is 0 Å². The Bertz CT molecular complexity index is 742. The van der Waals surface area contributed by atoms with E-state index in [1.165, 1.54) is 0 Å². The highest BCUT2D eigenvalue weighted by Gasteiger charge is 2.07. The summed E-state index contributed by atoms with van der Waals surface area (Å²) in [4.78, 5) is 9.16. The summed E-state index contributed by atoms with van der Waals surface area (Å²) in [6, 6.07) is 24.2. The van der Waals surface area contributed by atoms with Crippen molar-refractivity contribution in [2.45, 2.75) is 6.61 Å². The van der Waals surface area contributed by atoms with Gasteiger partial charge in [0, 0.05) is 24.4 Å². The predicted octanol–water partition coefficient (Wildman–Crippen LogP) is 4.40.